The van der Waals surface area contributed by atoms with E-state index in [1.165, 1.54) is 12.3 Å². The minimum Gasteiger partial charge on any atom is -0.472 e. The number of alkyl carbamates (subject to hydrolysis) is 1. The van der Waals surface area contributed by atoms with Crippen molar-refractivity contribution >= 4 is 63.4 Å². The first-order valence-electron chi connectivity index (χ1n) is 20.3. The van der Waals surface area contributed by atoms with Gasteiger partial charge in [0.1, 0.15) is 52.4 Å². The number of nitrogens with zero attached hydrogens (tertiary/aromatic N) is 5. The predicted octanol–water partition coefficient (Wildman–Crippen LogP) is 7.24. The van der Waals surface area contributed by atoms with Gasteiger partial charge in [0, 0.05) is 56.4 Å². The Morgan fingerprint density at radius 2 is 1.78 bits per heavy atom. The normalized spacial score (nSPS) is 20.9. The van der Waals surface area contributed by atoms with E-state index < -0.39 is 53.0 Å². The lowest BCUT2D eigenvalue weighted by Crippen LogP contribution is -2.49. The lowest BCUT2D eigenvalue weighted by molar-refractivity contribution is -0.156. The Balaban J connectivity index is 1.25. The Kier molecular flexibility index (Phi) is 13.1. The third-order valence-corrected chi connectivity index (χ3v) is 10.4. The first-order chi connectivity index (χ1) is 28.2. The van der Waals surface area contributed by atoms with Gasteiger partial charge >= 0.3 is 18.0 Å². The maximum absolute atomic E-state index is 17.5. The highest BCUT2D eigenvalue weighted by Crippen LogP contribution is 2.46. The standard InChI is InChI=1S/C43H54ClFN6O9/c1-9-56-34(53)21-32-48-35-28-13-10-11-14-31(28)58-36(35)37(49-32)51-24-27(20-30(51)39(54)59-41(3,4)5)57-38-29(19-26(44)22-47-38)43(45)16-18-50(23-25(43)2)33(52)15-12-17-46-40(55)60-42(6,7)8/h10-11,13-14,19,22,25,27,30H,9,12,15-18,20-21,23-24H2,1-8H3,(H,46,55)/t25-,27-,30-,43+/m0/s1. The van der Waals surface area contributed by atoms with Gasteiger partial charge in [0.15, 0.2) is 11.4 Å². The molecular weight excluding hydrogens is 799 g/mol. The summed E-state index contributed by atoms with van der Waals surface area (Å²) in [5, 5.41) is 3.56. The van der Waals surface area contributed by atoms with Crippen molar-refractivity contribution in [1.82, 2.24) is 25.2 Å². The molecule has 324 valence electrons. The summed E-state index contributed by atoms with van der Waals surface area (Å²) >= 11 is 6.44. The number of furan rings is 1. The lowest BCUT2D eigenvalue weighted by Gasteiger charge is -2.42. The summed E-state index contributed by atoms with van der Waals surface area (Å²) in [5.74, 6) is -1.43. The Morgan fingerprint density at radius 1 is 1.05 bits per heavy atom. The number of benzene rings is 1. The number of carbonyl (C=O) groups is 4. The smallest absolute Gasteiger partial charge is 0.407 e. The topological polar surface area (TPSA) is 176 Å². The number of anilines is 1. The number of esters is 2. The molecule has 0 spiro atoms. The van der Waals surface area contributed by atoms with Crippen molar-refractivity contribution in [2.75, 3.05) is 37.7 Å². The van der Waals surface area contributed by atoms with Crippen LogP contribution in [0.25, 0.3) is 22.1 Å². The molecule has 60 heavy (non-hydrogen) atoms. The highest BCUT2D eigenvalue weighted by Gasteiger charge is 2.48. The molecule has 2 aliphatic rings. The van der Waals surface area contributed by atoms with Crippen molar-refractivity contribution in [3.63, 3.8) is 0 Å². The second-order valence-electron chi connectivity index (χ2n) is 17.3. The first-order valence-corrected chi connectivity index (χ1v) is 20.7. The van der Waals surface area contributed by atoms with Gasteiger partial charge in [-0.3, -0.25) is 9.59 Å². The minimum atomic E-state index is -1.97. The quantitative estimate of drug-likeness (QED) is 0.0859. The molecule has 0 bridgehead atoms. The molecule has 2 aliphatic heterocycles. The first kappa shape index (κ1) is 44.3. The monoisotopic (exact) mass is 852 g/mol. The molecule has 15 nitrogen and oxygen atoms in total. The molecule has 6 rings (SSSR count). The van der Waals surface area contributed by atoms with Crippen molar-refractivity contribution in [2.45, 2.75) is 117 Å². The molecule has 1 aromatic carbocycles. The Labute approximate surface area is 353 Å². The van der Waals surface area contributed by atoms with Crippen LogP contribution in [-0.2, 0) is 40.7 Å². The number of likely N-dealkylation sites (tertiary alicyclic amines) is 1. The van der Waals surface area contributed by atoms with Crippen LogP contribution < -0.4 is 15.0 Å². The van der Waals surface area contributed by atoms with Crippen LogP contribution in [0.15, 0.2) is 40.9 Å². The molecule has 3 aromatic heterocycles. The number of aromatic nitrogens is 3. The molecule has 0 radical (unpaired) electrons. The van der Waals surface area contributed by atoms with E-state index in [0.29, 0.717) is 28.5 Å². The van der Waals surface area contributed by atoms with E-state index >= 15 is 4.39 Å². The second kappa shape index (κ2) is 17.8. The minimum absolute atomic E-state index is 0.0103. The van der Waals surface area contributed by atoms with Crippen molar-refractivity contribution in [3.05, 3.63) is 52.9 Å². The average molecular weight is 853 g/mol. The van der Waals surface area contributed by atoms with Crippen LogP contribution in [0, 0.1) is 5.92 Å². The van der Waals surface area contributed by atoms with E-state index in [4.69, 9.17) is 39.9 Å². The van der Waals surface area contributed by atoms with E-state index in [9.17, 15) is 19.2 Å². The van der Waals surface area contributed by atoms with E-state index in [2.05, 4.69) is 15.3 Å². The molecule has 2 fully saturated rings. The summed E-state index contributed by atoms with van der Waals surface area (Å²) < 4.78 is 46.6. The Bertz CT molecular complexity index is 2240. The molecule has 0 unspecified atom stereocenters. The summed E-state index contributed by atoms with van der Waals surface area (Å²) in [6.45, 7) is 14.8. The zero-order chi connectivity index (χ0) is 43.6. The van der Waals surface area contributed by atoms with Crippen molar-refractivity contribution in [3.8, 4) is 5.88 Å². The van der Waals surface area contributed by atoms with Gasteiger partial charge in [0.2, 0.25) is 11.8 Å². The number of pyridine rings is 1. The zero-order valence-electron chi connectivity index (χ0n) is 35.4. The summed E-state index contributed by atoms with van der Waals surface area (Å²) in [7, 11) is 0. The fourth-order valence-electron chi connectivity index (χ4n) is 7.56. The van der Waals surface area contributed by atoms with Crippen LogP contribution in [-0.4, -0.2) is 99.9 Å². The summed E-state index contributed by atoms with van der Waals surface area (Å²) in [6, 6.07) is 7.88. The largest absolute Gasteiger partial charge is 0.472 e. The fourth-order valence-corrected chi connectivity index (χ4v) is 7.72. The van der Waals surface area contributed by atoms with Crippen LogP contribution in [0.5, 0.6) is 5.88 Å². The fraction of sp³-hybridized carbons (Fsp3) is 0.558. The Hall–Kier alpha value is -5.25. The number of carbonyl (C=O) groups excluding carboxylic acids is 4. The van der Waals surface area contributed by atoms with Crippen LogP contribution in [0.1, 0.15) is 92.5 Å². The van der Waals surface area contributed by atoms with Gasteiger partial charge in [-0.2, -0.15) is 0 Å². The lowest BCUT2D eigenvalue weighted by atomic mass is 9.78. The number of amides is 2. The highest BCUT2D eigenvalue weighted by atomic mass is 35.5. The molecule has 0 saturated carbocycles. The molecule has 2 saturated heterocycles. The van der Waals surface area contributed by atoms with Gasteiger partial charge < -0.3 is 38.5 Å². The predicted molar refractivity (Wildman–Crippen MR) is 222 cm³/mol. The van der Waals surface area contributed by atoms with Crippen LogP contribution in [0.4, 0.5) is 15.0 Å². The number of para-hydroxylation sites is 1. The van der Waals surface area contributed by atoms with E-state index in [0.717, 1.165) is 0 Å². The van der Waals surface area contributed by atoms with Crippen LogP contribution >= 0.6 is 11.6 Å². The second-order valence-corrected chi connectivity index (χ2v) is 17.7. The third kappa shape index (κ3) is 10.4. The molecule has 1 N–H and O–H groups in total. The molecule has 17 heteroatoms. The van der Waals surface area contributed by atoms with Crippen molar-refractivity contribution < 1.29 is 46.9 Å². The summed E-state index contributed by atoms with van der Waals surface area (Å²) in [5.41, 5.74) is -1.99. The Morgan fingerprint density at radius 3 is 2.48 bits per heavy atom. The van der Waals surface area contributed by atoms with Crippen molar-refractivity contribution in [1.29, 1.82) is 0 Å². The van der Waals surface area contributed by atoms with Crippen LogP contribution in [0.3, 0.4) is 0 Å². The molecule has 4 atom stereocenters. The van der Waals surface area contributed by atoms with E-state index in [-0.39, 0.29) is 92.5 Å². The van der Waals surface area contributed by atoms with Gasteiger partial charge in [-0.05, 0) is 73.1 Å². The molecule has 5 heterocycles. The number of halogens is 2. The van der Waals surface area contributed by atoms with Crippen molar-refractivity contribution in [2.24, 2.45) is 5.92 Å². The highest BCUT2D eigenvalue weighted by molar-refractivity contribution is 6.30. The maximum atomic E-state index is 17.5. The van der Waals surface area contributed by atoms with E-state index in [1.54, 1.807) is 71.3 Å². The van der Waals surface area contributed by atoms with Gasteiger partial charge in [0.25, 0.3) is 0 Å². The number of hydrogen-bond acceptors (Lipinski definition) is 13. The number of fused-ring (bicyclic) bond motifs is 3. The van der Waals surface area contributed by atoms with Gasteiger partial charge in [-0.1, -0.05) is 30.7 Å². The number of piperidine rings is 1. The van der Waals surface area contributed by atoms with E-state index in [1.807, 2.05) is 18.2 Å². The number of alkyl halides is 1. The average Bonchev–Trinajstić information content (AvgIpc) is 3.75. The van der Waals surface area contributed by atoms with Crippen LogP contribution in [0.2, 0.25) is 5.02 Å². The zero-order valence-corrected chi connectivity index (χ0v) is 36.2. The molecular formula is C43H54ClFN6O9. The summed E-state index contributed by atoms with van der Waals surface area (Å²) in [4.78, 5) is 69.1. The number of nitrogens with one attached hydrogen (secondary N) is 1. The SMILES string of the molecule is CCOC(=O)Cc1nc(N2C[C@@H](Oc3ncc(Cl)cc3[C@@]3(F)CCN(C(=O)CCCNC(=O)OC(C)(C)C)C[C@@H]3C)C[C@H]2C(=O)OC(C)(C)C)c2oc3ccccc3c2n1. The molecule has 0 aliphatic carbocycles. The van der Waals surface area contributed by atoms with Gasteiger partial charge in [-0.15, -0.1) is 0 Å². The third-order valence-electron chi connectivity index (χ3n) is 10.2. The van der Waals surface area contributed by atoms with Gasteiger partial charge in [0.05, 0.1) is 23.7 Å². The van der Waals surface area contributed by atoms with Gasteiger partial charge in [-0.25, -0.2) is 28.9 Å². The number of ether oxygens (including phenoxy) is 4. The number of hydrogen-bond donors (Lipinski definition) is 1. The maximum Gasteiger partial charge on any atom is 0.407 e. The molecule has 2 amide bonds. The summed E-state index contributed by atoms with van der Waals surface area (Å²) in [6.07, 6.45) is 0.505. The number of rotatable bonds is 12. The molecule has 4 aromatic rings.